The lowest BCUT2D eigenvalue weighted by molar-refractivity contribution is -0.155. The summed E-state index contributed by atoms with van der Waals surface area (Å²) in [6, 6.07) is 0. The maximum Gasteiger partial charge on any atom is 0.437 e. The minimum Gasteiger partial charge on any atom is -0.456 e. The molecule has 0 aliphatic carbocycles. The van der Waals surface area contributed by atoms with Gasteiger partial charge in [-0.25, -0.2) is 33.2 Å². The predicted octanol–water partition coefficient (Wildman–Crippen LogP) is 1.25. The van der Waals surface area contributed by atoms with E-state index in [1.807, 2.05) is 0 Å². The molecule has 0 amide bonds. The normalized spacial score (nSPS) is 23.8. The molecule has 0 bridgehead atoms. The molecule has 16 heteroatoms. The molecule has 1 aliphatic heterocycles. The molecular weight excluding hydrogens is 488 g/mol. The van der Waals surface area contributed by atoms with Crippen LogP contribution in [0.25, 0.3) is 11.2 Å². The van der Waals surface area contributed by atoms with E-state index in [0.717, 1.165) is 10.7 Å². The van der Waals surface area contributed by atoms with E-state index in [2.05, 4.69) is 25.3 Å². The molecule has 1 fully saturated rings. The van der Waals surface area contributed by atoms with Gasteiger partial charge in [-0.2, -0.15) is 0 Å². The Morgan fingerprint density at radius 1 is 1.29 bits per heavy atom. The second-order valence-electron chi connectivity index (χ2n) is 7.69. The van der Waals surface area contributed by atoms with Crippen molar-refractivity contribution in [2.75, 3.05) is 19.0 Å². The van der Waals surface area contributed by atoms with E-state index in [1.54, 1.807) is 7.05 Å². The summed E-state index contributed by atoms with van der Waals surface area (Å²) in [5.74, 6) is -0.638. The van der Waals surface area contributed by atoms with Gasteiger partial charge in [0.15, 0.2) is 30.0 Å². The Balaban J connectivity index is 1.58. The van der Waals surface area contributed by atoms with Crippen LogP contribution in [0.3, 0.4) is 0 Å². The largest absolute Gasteiger partial charge is 0.456 e. The van der Waals surface area contributed by atoms with Crippen LogP contribution in [0.15, 0.2) is 31.4 Å². The molecule has 3 aromatic heterocycles. The summed E-state index contributed by atoms with van der Waals surface area (Å²) in [6.45, 7) is 0.730. The number of ether oxygens (including phenoxy) is 2. The number of fused-ring (bicyclic) bond motifs is 1. The van der Waals surface area contributed by atoms with Crippen molar-refractivity contribution in [2.45, 2.75) is 44.4 Å². The Bertz CT molecular complexity index is 1250. The van der Waals surface area contributed by atoms with Crippen molar-refractivity contribution in [2.24, 2.45) is 0 Å². The van der Waals surface area contributed by atoms with Gasteiger partial charge in [0.25, 0.3) is 0 Å². The topological polar surface area (TPSA) is 173 Å². The minimum absolute atomic E-state index is 0.0731. The third-order valence-electron chi connectivity index (χ3n) is 5.27. The Morgan fingerprint density at radius 2 is 2.09 bits per heavy atom. The van der Waals surface area contributed by atoms with Crippen LogP contribution in [-0.2, 0) is 28.2 Å². The Hall–Kier alpha value is -3.26. The first-order valence-corrected chi connectivity index (χ1v) is 12.0. The molecule has 188 valence electrons. The van der Waals surface area contributed by atoms with Crippen molar-refractivity contribution >= 4 is 36.5 Å². The first kappa shape index (κ1) is 24.9. The van der Waals surface area contributed by atoms with Gasteiger partial charge in [0.05, 0.1) is 19.4 Å². The highest BCUT2D eigenvalue weighted by Gasteiger charge is 2.50. The van der Waals surface area contributed by atoms with E-state index in [9.17, 15) is 19.0 Å². The fourth-order valence-corrected chi connectivity index (χ4v) is 4.43. The Morgan fingerprint density at radius 3 is 2.77 bits per heavy atom. The third-order valence-corrected chi connectivity index (χ3v) is 6.58. The molecule has 14 nitrogen and oxygen atoms in total. The van der Waals surface area contributed by atoms with E-state index in [0.29, 0.717) is 11.3 Å². The number of imidazole rings is 2. The number of nitrogens with one attached hydrogen (secondary N) is 1. The number of carbonyl (C=O) groups is 2. The van der Waals surface area contributed by atoms with Gasteiger partial charge in [0.1, 0.15) is 30.1 Å². The van der Waals surface area contributed by atoms with E-state index >= 15 is 4.39 Å². The number of carbonyl (C=O) groups excluding carboxylic acids is 2. The number of alkyl halides is 1. The minimum atomic E-state index is -4.37. The van der Waals surface area contributed by atoms with Gasteiger partial charge in [0.2, 0.25) is 0 Å². The third kappa shape index (κ3) is 5.22. The zero-order valence-corrected chi connectivity index (χ0v) is 19.6. The van der Waals surface area contributed by atoms with Crippen molar-refractivity contribution < 1.29 is 37.4 Å². The van der Waals surface area contributed by atoms with Gasteiger partial charge in [-0.3, -0.25) is 13.9 Å². The monoisotopic (exact) mass is 511 g/mol. The number of aromatic nitrogens is 6. The number of hydrogen-bond donors (Lipinski definition) is 2. The van der Waals surface area contributed by atoms with Crippen LogP contribution in [-0.4, -0.2) is 77.5 Å². The lowest BCUT2D eigenvalue weighted by Crippen LogP contribution is -2.36. The van der Waals surface area contributed by atoms with Gasteiger partial charge in [-0.05, 0) is 6.92 Å². The first-order chi connectivity index (χ1) is 16.7. The molecule has 2 N–H and O–H groups in total. The van der Waals surface area contributed by atoms with Crippen molar-refractivity contribution in [3.05, 3.63) is 31.4 Å². The molecule has 5 atom stereocenters. The average molecular weight is 511 g/mol. The van der Waals surface area contributed by atoms with Crippen LogP contribution in [0, 0.1) is 0 Å². The molecule has 0 radical (unpaired) electrons. The summed E-state index contributed by atoms with van der Waals surface area (Å²) < 4.78 is 46.5. The summed E-state index contributed by atoms with van der Waals surface area (Å²) in [5, 5.41) is 2.86. The first-order valence-electron chi connectivity index (χ1n) is 10.5. The number of nitrogens with zero attached hydrogens (tertiary/aromatic N) is 6. The molecule has 1 aliphatic rings. The smallest absolute Gasteiger partial charge is 0.437 e. The molecule has 4 heterocycles. The fraction of sp³-hybridized carbons (Fsp3) is 0.474. The summed E-state index contributed by atoms with van der Waals surface area (Å²) in [6.07, 6.45) is -0.163. The SMILES string of the molecule is CNc1ncnc2c1ncn2[C@@H]1O[C@H](COP(=O)(O)n2ccnc2)C(OC(=O)CCC(C)=O)[C@@H]1F. The molecule has 1 saturated heterocycles. The van der Waals surface area contributed by atoms with Gasteiger partial charge in [-0.1, -0.05) is 0 Å². The van der Waals surface area contributed by atoms with Crippen LogP contribution in [0.4, 0.5) is 10.2 Å². The van der Waals surface area contributed by atoms with Crippen LogP contribution >= 0.6 is 7.75 Å². The van der Waals surface area contributed by atoms with Crippen LogP contribution in [0.1, 0.15) is 26.0 Å². The Labute approximate surface area is 198 Å². The van der Waals surface area contributed by atoms with E-state index in [4.69, 9.17) is 14.0 Å². The van der Waals surface area contributed by atoms with E-state index < -0.39 is 44.9 Å². The van der Waals surface area contributed by atoms with Crippen molar-refractivity contribution in [1.29, 1.82) is 0 Å². The maximum absolute atomic E-state index is 15.6. The highest BCUT2D eigenvalue weighted by molar-refractivity contribution is 7.51. The molecule has 3 aromatic rings. The summed E-state index contributed by atoms with van der Waals surface area (Å²) in [7, 11) is -2.73. The number of anilines is 1. The van der Waals surface area contributed by atoms with Gasteiger partial charge in [0, 0.05) is 25.9 Å². The number of Topliss-reactive ketones (excluding diaryl/α,β-unsaturated/α-hetero) is 1. The number of esters is 1. The van der Waals surface area contributed by atoms with Crippen molar-refractivity contribution in [3.8, 4) is 0 Å². The zero-order valence-electron chi connectivity index (χ0n) is 18.7. The number of rotatable bonds is 10. The molecule has 2 unspecified atom stereocenters. The summed E-state index contributed by atoms with van der Waals surface area (Å²) in [4.78, 5) is 49.7. The molecule has 0 saturated carbocycles. The van der Waals surface area contributed by atoms with Crippen LogP contribution < -0.4 is 5.32 Å². The number of ketones is 1. The van der Waals surface area contributed by atoms with Crippen LogP contribution in [0.2, 0.25) is 0 Å². The Kier molecular flexibility index (Phi) is 7.21. The highest BCUT2D eigenvalue weighted by Crippen LogP contribution is 2.45. The van der Waals surface area contributed by atoms with Crippen LogP contribution in [0.5, 0.6) is 0 Å². The second-order valence-corrected chi connectivity index (χ2v) is 9.39. The van der Waals surface area contributed by atoms with Crippen molar-refractivity contribution in [1.82, 2.24) is 28.8 Å². The predicted molar refractivity (Wildman–Crippen MR) is 117 cm³/mol. The summed E-state index contributed by atoms with van der Waals surface area (Å²) in [5.41, 5.74) is 0.618. The number of hydrogen-bond acceptors (Lipinski definition) is 11. The maximum atomic E-state index is 15.6. The quantitative estimate of drug-likeness (QED) is 0.295. The average Bonchev–Trinajstić information content (AvgIpc) is 3.57. The molecule has 0 spiro atoms. The lowest BCUT2D eigenvalue weighted by atomic mass is 10.1. The highest BCUT2D eigenvalue weighted by atomic mass is 31.2. The number of halogens is 1. The molecule has 4 rings (SSSR count). The fourth-order valence-electron chi connectivity index (χ4n) is 3.54. The van der Waals surface area contributed by atoms with E-state index in [1.165, 1.54) is 36.5 Å². The molecule has 0 aromatic carbocycles. The lowest BCUT2D eigenvalue weighted by Gasteiger charge is -2.21. The van der Waals surface area contributed by atoms with Gasteiger partial charge >= 0.3 is 13.7 Å². The van der Waals surface area contributed by atoms with E-state index in [-0.39, 0.29) is 24.3 Å². The standard InChI is InChI=1S/C19H23FN7O7P/c1-11(28)3-4-13(29)34-16-12(7-32-35(30,31)26-6-5-22-9-26)33-19(14(16)20)27-10-25-15-17(21-2)23-8-24-18(15)27/h5-6,8-10,12,14,16,19H,3-4,7H2,1-2H3,(H,30,31)(H,21,23,24)/t12-,14+,16?,19-/m1/s1. The zero-order chi connectivity index (χ0) is 25.2. The van der Waals surface area contributed by atoms with Crippen molar-refractivity contribution in [3.63, 3.8) is 0 Å². The molecular formula is C19H23FN7O7P. The second kappa shape index (κ2) is 10.2. The van der Waals surface area contributed by atoms with Gasteiger partial charge < -0.3 is 24.5 Å². The molecule has 35 heavy (non-hydrogen) atoms. The summed E-state index contributed by atoms with van der Waals surface area (Å²) >= 11 is 0. The van der Waals surface area contributed by atoms with Gasteiger partial charge in [-0.15, -0.1) is 0 Å².